The van der Waals surface area contributed by atoms with Gasteiger partial charge in [-0.3, -0.25) is 19.4 Å². The zero-order valence-electron chi connectivity index (χ0n) is 17.1. The molecule has 12 heteroatoms. The van der Waals surface area contributed by atoms with E-state index in [1.165, 1.54) is 6.92 Å². The first kappa shape index (κ1) is 28.1. The molecule has 0 aromatic rings. The van der Waals surface area contributed by atoms with E-state index in [2.05, 4.69) is 10.7 Å². The third-order valence-electron chi connectivity index (χ3n) is 3.74. The molecule has 8 nitrogen and oxygen atoms in total. The minimum Gasteiger partial charge on any atom is -0.460 e. The summed E-state index contributed by atoms with van der Waals surface area (Å²) < 4.78 is 16.8. The van der Waals surface area contributed by atoms with Crippen molar-refractivity contribution in [1.82, 2.24) is 15.8 Å². The van der Waals surface area contributed by atoms with Gasteiger partial charge < -0.3 is 15.2 Å². The molecule has 1 saturated heterocycles. The lowest BCUT2D eigenvalue weighted by Gasteiger charge is -2.34. The van der Waals surface area contributed by atoms with Crippen LogP contribution in [0.2, 0.25) is 0 Å². The van der Waals surface area contributed by atoms with Crippen molar-refractivity contribution in [2.24, 2.45) is 0 Å². The number of halogens is 4. The minimum absolute atomic E-state index is 0.282. The summed E-state index contributed by atoms with van der Waals surface area (Å²) in [4.78, 5) is 36.3. The maximum atomic E-state index is 13.6. The van der Waals surface area contributed by atoms with Crippen LogP contribution in [0.25, 0.3) is 0 Å². The van der Waals surface area contributed by atoms with E-state index in [9.17, 15) is 23.9 Å². The second-order valence-corrected chi connectivity index (χ2v) is 9.25. The van der Waals surface area contributed by atoms with E-state index >= 15 is 0 Å². The van der Waals surface area contributed by atoms with Crippen LogP contribution in [0.5, 0.6) is 0 Å². The molecular formula is C17H29Cl3FN3O5. The SMILES string of the molecule is CC.CC(NC(=O)C(O)C(C)(C)F)C(=O)N1CCCC(C(=O)OCC(Cl)(Cl)Cl)N1. The molecule has 1 aliphatic rings. The Kier molecular flexibility index (Phi) is 11.7. The Hall–Kier alpha value is -0.870. The van der Waals surface area contributed by atoms with Gasteiger partial charge in [-0.05, 0) is 33.6 Å². The smallest absolute Gasteiger partial charge is 0.325 e. The highest BCUT2D eigenvalue weighted by atomic mass is 35.6. The number of aliphatic hydroxyl groups is 1. The average molecular weight is 481 g/mol. The van der Waals surface area contributed by atoms with Gasteiger partial charge in [0, 0.05) is 6.54 Å². The van der Waals surface area contributed by atoms with Crippen molar-refractivity contribution in [3.63, 3.8) is 0 Å². The normalized spacial score (nSPS) is 19.4. The van der Waals surface area contributed by atoms with Crippen molar-refractivity contribution in [2.75, 3.05) is 13.2 Å². The van der Waals surface area contributed by atoms with Gasteiger partial charge in [-0.15, -0.1) is 0 Å². The molecule has 0 saturated carbocycles. The minimum atomic E-state index is -2.16. The Bertz CT molecular complexity index is 569. The third-order valence-corrected chi connectivity index (χ3v) is 4.07. The summed E-state index contributed by atoms with van der Waals surface area (Å²) in [6.45, 7) is 7.31. The fourth-order valence-corrected chi connectivity index (χ4v) is 2.43. The Morgan fingerprint density at radius 2 is 1.86 bits per heavy atom. The summed E-state index contributed by atoms with van der Waals surface area (Å²) in [6.07, 6.45) is -1.03. The first-order valence-corrected chi connectivity index (χ1v) is 10.3. The van der Waals surface area contributed by atoms with Crippen LogP contribution in [0.15, 0.2) is 0 Å². The van der Waals surface area contributed by atoms with Gasteiger partial charge in [0.2, 0.25) is 3.79 Å². The van der Waals surface area contributed by atoms with E-state index in [0.29, 0.717) is 12.8 Å². The first-order chi connectivity index (χ1) is 13.2. The van der Waals surface area contributed by atoms with Gasteiger partial charge in [0.05, 0.1) is 0 Å². The number of hydrazine groups is 1. The molecular weight excluding hydrogens is 452 g/mol. The number of hydrogen-bond donors (Lipinski definition) is 3. The van der Waals surface area contributed by atoms with Crippen LogP contribution in [-0.2, 0) is 19.1 Å². The fourth-order valence-electron chi connectivity index (χ4n) is 2.27. The number of hydrogen-bond acceptors (Lipinski definition) is 6. The number of nitrogens with zero attached hydrogens (tertiary/aromatic N) is 1. The third kappa shape index (κ3) is 10.1. The maximum absolute atomic E-state index is 13.6. The van der Waals surface area contributed by atoms with Crippen molar-refractivity contribution in [3.05, 3.63) is 0 Å². The molecule has 0 aliphatic carbocycles. The maximum Gasteiger partial charge on any atom is 0.325 e. The number of alkyl halides is 4. The van der Waals surface area contributed by atoms with Crippen LogP contribution in [-0.4, -0.2) is 68.7 Å². The molecule has 0 radical (unpaired) electrons. The molecule has 3 atom stereocenters. The van der Waals surface area contributed by atoms with E-state index in [4.69, 9.17) is 39.5 Å². The summed E-state index contributed by atoms with van der Waals surface area (Å²) in [6, 6.07) is -1.88. The molecule has 0 aromatic heterocycles. The van der Waals surface area contributed by atoms with Gasteiger partial charge in [0.25, 0.3) is 11.8 Å². The summed E-state index contributed by atoms with van der Waals surface area (Å²) >= 11 is 16.6. The lowest BCUT2D eigenvalue weighted by Crippen LogP contribution is -2.60. The van der Waals surface area contributed by atoms with Crippen LogP contribution in [0, 0.1) is 0 Å². The van der Waals surface area contributed by atoms with Gasteiger partial charge in [-0.2, -0.15) is 0 Å². The van der Waals surface area contributed by atoms with Crippen LogP contribution >= 0.6 is 34.8 Å². The summed E-state index contributed by atoms with van der Waals surface area (Å²) in [5.74, 6) is -2.27. The fraction of sp³-hybridized carbons (Fsp3) is 0.824. The van der Waals surface area contributed by atoms with Crippen molar-refractivity contribution in [1.29, 1.82) is 0 Å². The Balaban J connectivity index is 0.00000379. The number of carbonyl (C=O) groups excluding carboxylic acids is 3. The van der Waals surface area contributed by atoms with Crippen LogP contribution in [0.1, 0.15) is 47.5 Å². The van der Waals surface area contributed by atoms with E-state index in [1.807, 2.05) is 13.8 Å². The van der Waals surface area contributed by atoms with Crippen molar-refractivity contribution in [3.8, 4) is 0 Å². The second kappa shape index (κ2) is 12.1. The zero-order chi connectivity index (χ0) is 23.0. The first-order valence-electron chi connectivity index (χ1n) is 9.20. The molecule has 29 heavy (non-hydrogen) atoms. The summed E-state index contributed by atoms with van der Waals surface area (Å²) in [5, 5.41) is 13.0. The van der Waals surface area contributed by atoms with Gasteiger partial charge in [0.15, 0.2) is 6.10 Å². The summed E-state index contributed by atoms with van der Waals surface area (Å²) in [7, 11) is 0. The van der Waals surface area contributed by atoms with Gasteiger partial charge in [-0.1, -0.05) is 48.7 Å². The van der Waals surface area contributed by atoms with E-state index in [-0.39, 0.29) is 6.54 Å². The Morgan fingerprint density at radius 1 is 1.31 bits per heavy atom. The Morgan fingerprint density at radius 3 is 2.34 bits per heavy atom. The highest BCUT2D eigenvalue weighted by Crippen LogP contribution is 2.26. The average Bonchev–Trinajstić information content (AvgIpc) is 2.65. The topological polar surface area (TPSA) is 108 Å². The molecule has 2 amide bonds. The van der Waals surface area contributed by atoms with E-state index in [1.54, 1.807) is 0 Å². The highest BCUT2D eigenvalue weighted by molar-refractivity contribution is 6.67. The monoisotopic (exact) mass is 479 g/mol. The zero-order valence-corrected chi connectivity index (χ0v) is 19.4. The van der Waals surface area contributed by atoms with Crippen LogP contribution < -0.4 is 10.7 Å². The van der Waals surface area contributed by atoms with Crippen molar-refractivity contribution < 1.29 is 28.6 Å². The lowest BCUT2D eigenvalue weighted by molar-refractivity contribution is -0.153. The van der Waals surface area contributed by atoms with Gasteiger partial charge in [0.1, 0.15) is 24.4 Å². The van der Waals surface area contributed by atoms with E-state index < -0.39 is 52.0 Å². The molecule has 1 fully saturated rings. The predicted octanol–water partition coefficient (Wildman–Crippen LogP) is 2.04. The van der Waals surface area contributed by atoms with E-state index in [0.717, 1.165) is 18.9 Å². The number of aliphatic hydroxyl groups excluding tert-OH is 1. The number of rotatable bonds is 6. The molecule has 3 N–H and O–H groups in total. The largest absolute Gasteiger partial charge is 0.460 e. The molecule has 0 aromatic carbocycles. The molecule has 1 aliphatic heterocycles. The Labute approximate surface area is 185 Å². The second-order valence-electron chi connectivity index (χ2n) is 6.73. The van der Waals surface area contributed by atoms with Gasteiger partial charge in [-0.25, -0.2) is 9.82 Å². The standard InChI is InChI=1S/C15H23Cl3FN3O5.C2H6/c1-8(20-11(24)10(23)14(2,3)19)12(25)22-6-4-5-9(21-22)13(26)27-7-15(16,17)18;1-2/h8-10,21,23H,4-7H2,1-3H3,(H,20,24);1-2H3. The molecule has 3 unspecified atom stereocenters. The predicted molar refractivity (Wildman–Crippen MR) is 109 cm³/mol. The number of ether oxygens (including phenoxy) is 1. The molecule has 0 spiro atoms. The number of esters is 1. The summed E-state index contributed by atoms with van der Waals surface area (Å²) in [5.41, 5.74) is 0.536. The number of nitrogens with one attached hydrogen (secondary N) is 2. The molecule has 1 rings (SSSR count). The molecule has 0 bridgehead atoms. The van der Waals surface area contributed by atoms with Gasteiger partial charge >= 0.3 is 5.97 Å². The molecule has 1 heterocycles. The lowest BCUT2D eigenvalue weighted by atomic mass is 10.0. The quantitative estimate of drug-likeness (QED) is 0.397. The van der Waals surface area contributed by atoms with Crippen LogP contribution in [0.4, 0.5) is 4.39 Å². The van der Waals surface area contributed by atoms with Crippen LogP contribution in [0.3, 0.4) is 0 Å². The molecule has 170 valence electrons. The van der Waals surface area contributed by atoms with Crippen molar-refractivity contribution >= 4 is 52.6 Å². The highest BCUT2D eigenvalue weighted by Gasteiger charge is 2.36. The number of amides is 2. The van der Waals surface area contributed by atoms with Crippen molar-refractivity contribution in [2.45, 2.75) is 75.1 Å². The number of carbonyl (C=O) groups is 3.